The first-order chi connectivity index (χ1) is 18.4. The van der Waals surface area contributed by atoms with Crippen LogP contribution < -0.4 is 9.75 Å². The van der Waals surface area contributed by atoms with Gasteiger partial charge < -0.3 is 0 Å². The Labute approximate surface area is 230 Å². The minimum Gasteiger partial charge on any atom is -0.166 e. The summed E-state index contributed by atoms with van der Waals surface area (Å²) in [4.78, 5) is 0.909. The molecule has 8 heteroatoms. The summed E-state index contributed by atoms with van der Waals surface area (Å²) in [6, 6.07) is 7.66. The fourth-order valence-corrected chi connectivity index (χ4v) is 7.30. The van der Waals surface area contributed by atoms with Crippen molar-refractivity contribution in [1.82, 2.24) is 0 Å². The molecule has 39 heavy (non-hydrogen) atoms. The molecule has 0 radical (unpaired) electrons. The molecule has 2 aliphatic carbocycles. The maximum absolute atomic E-state index is 13.3. The Bertz CT molecular complexity index is 1710. The SMILES string of the molecule is C/C=C\C.C=C.CC1c2c(sc3ccc(C(F)(F)F)cc23)C=C2C=c3c(sc4ccc(C(F)(F)F)cc34)=CC21. The third kappa shape index (κ3) is 5.37. The lowest BCUT2D eigenvalue weighted by Crippen LogP contribution is -2.29. The molecule has 0 saturated carbocycles. The highest BCUT2D eigenvalue weighted by atomic mass is 32.1. The first-order valence-electron chi connectivity index (χ1n) is 12.2. The lowest BCUT2D eigenvalue weighted by Gasteiger charge is -2.28. The molecule has 0 nitrogen and oxygen atoms in total. The van der Waals surface area contributed by atoms with Gasteiger partial charge in [0.1, 0.15) is 0 Å². The van der Waals surface area contributed by atoms with E-state index < -0.39 is 23.5 Å². The number of alkyl halides is 6. The summed E-state index contributed by atoms with van der Waals surface area (Å²) in [7, 11) is 0. The topological polar surface area (TPSA) is 0 Å². The molecule has 2 atom stereocenters. The molecular formula is C31H26F6S2. The van der Waals surface area contributed by atoms with E-state index in [4.69, 9.17) is 0 Å². The molecule has 2 aromatic carbocycles. The van der Waals surface area contributed by atoms with Crippen LogP contribution >= 0.6 is 22.7 Å². The largest absolute Gasteiger partial charge is 0.416 e. The number of hydrogen-bond donors (Lipinski definition) is 0. The second-order valence-electron chi connectivity index (χ2n) is 9.11. The monoisotopic (exact) mass is 576 g/mol. The van der Waals surface area contributed by atoms with Crippen LogP contribution in [0.1, 0.15) is 48.3 Å². The first kappa shape index (κ1) is 28.9. The van der Waals surface area contributed by atoms with Crippen molar-refractivity contribution in [3.8, 4) is 0 Å². The van der Waals surface area contributed by atoms with E-state index in [2.05, 4.69) is 19.2 Å². The summed E-state index contributed by atoms with van der Waals surface area (Å²) in [5.41, 5.74) is 0.541. The molecule has 204 valence electrons. The van der Waals surface area contributed by atoms with E-state index in [1.165, 1.54) is 46.9 Å². The number of fused-ring (bicyclic) bond motifs is 7. The lowest BCUT2D eigenvalue weighted by molar-refractivity contribution is -0.138. The van der Waals surface area contributed by atoms with E-state index in [0.29, 0.717) is 10.8 Å². The van der Waals surface area contributed by atoms with Crippen LogP contribution in [0.3, 0.4) is 0 Å². The van der Waals surface area contributed by atoms with Gasteiger partial charge in [0, 0.05) is 35.3 Å². The molecule has 0 N–H and O–H groups in total. The molecule has 0 spiro atoms. The van der Waals surface area contributed by atoms with Crippen LogP contribution in [-0.2, 0) is 12.4 Å². The van der Waals surface area contributed by atoms with Crippen molar-refractivity contribution >= 4 is 61.1 Å². The standard InChI is InChI=1S/C25H14F6S2.C4H8.C2H4/c1-11-15-10-21-16(17-8-13(24(26,27)28)2-4-19(17)32-21)6-12(15)7-22-23(11)18-9-14(25(29,30)31)3-5-20(18)33-22;1-3-4-2;1-2/h2-11,15H,1H3;3-4H,1-2H3;1-2H2/b;4-3-;. The predicted molar refractivity (Wildman–Crippen MR) is 153 cm³/mol. The Morgan fingerprint density at radius 1 is 0.769 bits per heavy atom. The van der Waals surface area contributed by atoms with Crippen molar-refractivity contribution < 1.29 is 26.3 Å². The maximum atomic E-state index is 13.3. The van der Waals surface area contributed by atoms with E-state index in [1.54, 1.807) is 0 Å². The summed E-state index contributed by atoms with van der Waals surface area (Å²) in [6.45, 7) is 12.0. The van der Waals surface area contributed by atoms with Crippen LogP contribution in [0.4, 0.5) is 26.3 Å². The number of halogens is 6. The Balaban J connectivity index is 0.000000541. The fourth-order valence-electron chi connectivity index (χ4n) is 4.90. The van der Waals surface area contributed by atoms with E-state index >= 15 is 0 Å². The highest BCUT2D eigenvalue weighted by Crippen LogP contribution is 2.48. The number of thiophene rings is 2. The van der Waals surface area contributed by atoms with Crippen molar-refractivity contribution in [3.63, 3.8) is 0 Å². The Hall–Kier alpha value is -3.10. The summed E-state index contributed by atoms with van der Waals surface area (Å²) in [5, 5.41) is 1.97. The second kappa shape index (κ2) is 10.8. The van der Waals surface area contributed by atoms with Gasteiger partial charge in [-0.3, -0.25) is 0 Å². The summed E-state index contributed by atoms with van der Waals surface area (Å²) in [5.74, 6) is -0.106. The summed E-state index contributed by atoms with van der Waals surface area (Å²) < 4.78 is 82.1. The van der Waals surface area contributed by atoms with Crippen LogP contribution in [0.2, 0.25) is 0 Å². The third-order valence-electron chi connectivity index (χ3n) is 6.82. The van der Waals surface area contributed by atoms with E-state index in [1.807, 2.05) is 45.1 Å². The molecule has 2 heterocycles. The number of hydrogen-bond acceptors (Lipinski definition) is 2. The molecule has 6 rings (SSSR count). The number of benzene rings is 2. The number of rotatable bonds is 0. The van der Waals surface area contributed by atoms with Gasteiger partial charge in [0.05, 0.1) is 11.1 Å². The van der Waals surface area contributed by atoms with Crippen molar-refractivity contribution in [2.45, 2.75) is 39.0 Å². The second-order valence-corrected chi connectivity index (χ2v) is 11.3. The molecule has 0 amide bonds. The van der Waals surface area contributed by atoms with Crippen LogP contribution in [-0.4, -0.2) is 0 Å². The zero-order valence-electron chi connectivity index (χ0n) is 21.5. The highest BCUT2D eigenvalue weighted by Gasteiger charge is 2.35. The summed E-state index contributed by atoms with van der Waals surface area (Å²) in [6.07, 6.45) is 1.17. The van der Waals surface area contributed by atoms with Crippen molar-refractivity contribution in [2.24, 2.45) is 5.92 Å². The quantitative estimate of drug-likeness (QED) is 0.144. The molecule has 2 aliphatic rings. The molecule has 0 bridgehead atoms. The van der Waals surface area contributed by atoms with Crippen molar-refractivity contribution in [2.75, 3.05) is 0 Å². The third-order valence-corrected chi connectivity index (χ3v) is 9.10. The van der Waals surface area contributed by atoms with Crippen molar-refractivity contribution in [1.29, 1.82) is 0 Å². The van der Waals surface area contributed by atoms with E-state index in [9.17, 15) is 26.3 Å². The maximum Gasteiger partial charge on any atom is 0.416 e. The van der Waals surface area contributed by atoms with Gasteiger partial charge in [-0.25, -0.2) is 0 Å². The molecule has 0 aliphatic heterocycles. The minimum absolute atomic E-state index is 0.0486. The Morgan fingerprint density at radius 2 is 1.31 bits per heavy atom. The zero-order valence-corrected chi connectivity index (χ0v) is 23.1. The first-order valence-corrected chi connectivity index (χ1v) is 13.8. The van der Waals surface area contributed by atoms with Gasteiger partial charge >= 0.3 is 12.4 Å². The van der Waals surface area contributed by atoms with Gasteiger partial charge in [0.15, 0.2) is 0 Å². The van der Waals surface area contributed by atoms with Gasteiger partial charge in [0.25, 0.3) is 0 Å². The van der Waals surface area contributed by atoms with Gasteiger partial charge in [-0.05, 0) is 84.8 Å². The smallest absolute Gasteiger partial charge is 0.166 e. The number of allylic oxidation sites excluding steroid dienone is 3. The zero-order chi connectivity index (χ0) is 28.7. The van der Waals surface area contributed by atoms with E-state index in [0.717, 1.165) is 47.3 Å². The van der Waals surface area contributed by atoms with Crippen molar-refractivity contribution in [3.05, 3.63) is 98.6 Å². The van der Waals surface area contributed by atoms with Crippen LogP contribution in [0.25, 0.3) is 38.4 Å². The molecule has 4 aromatic rings. The lowest BCUT2D eigenvalue weighted by atomic mass is 9.75. The normalized spacial score (nSPS) is 18.0. The highest BCUT2D eigenvalue weighted by molar-refractivity contribution is 7.20. The predicted octanol–water partition coefficient (Wildman–Crippen LogP) is 9.93. The molecule has 2 unspecified atom stereocenters. The fraction of sp³-hybridized carbons (Fsp3) is 0.226. The van der Waals surface area contributed by atoms with Gasteiger partial charge in [0.2, 0.25) is 0 Å². The molecule has 0 saturated heterocycles. The molecule has 0 fully saturated rings. The van der Waals surface area contributed by atoms with E-state index in [-0.39, 0.29) is 11.8 Å². The van der Waals surface area contributed by atoms with Crippen LogP contribution in [0.15, 0.2) is 67.3 Å². The Morgan fingerprint density at radius 3 is 1.85 bits per heavy atom. The van der Waals surface area contributed by atoms with Gasteiger partial charge in [-0.2, -0.15) is 26.3 Å². The Kier molecular flexibility index (Phi) is 8.01. The van der Waals surface area contributed by atoms with Crippen LogP contribution in [0.5, 0.6) is 0 Å². The molecular weight excluding hydrogens is 550 g/mol. The van der Waals surface area contributed by atoms with Crippen LogP contribution in [0, 0.1) is 5.92 Å². The molecule has 2 aromatic heterocycles. The van der Waals surface area contributed by atoms with Gasteiger partial charge in [-0.1, -0.05) is 25.2 Å². The summed E-state index contributed by atoms with van der Waals surface area (Å²) >= 11 is 2.89. The average Bonchev–Trinajstić information content (AvgIpc) is 3.45. The van der Waals surface area contributed by atoms with Gasteiger partial charge in [-0.15, -0.1) is 35.8 Å². The minimum atomic E-state index is -4.41. The average molecular weight is 577 g/mol.